The van der Waals surface area contributed by atoms with Crippen LogP contribution < -0.4 is 0 Å². The minimum Gasteiger partial charge on any atom is -0.472 e. The molecule has 0 unspecified atom stereocenters. The number of fused-ring (bicyclic) bond motifs is 1. The number of pyridine rings is 1. The zero-order chi connectivity index (χ0) is 14.8. The number of carbonyl (C=O) groups excluding carboxylic acids is 1. The van der Waals surface area contributed by atoms with Crippen molar-refractivity contribution in [2.24, 2.45) is 0 Å². The Morgan fingerprint density at radius 3 is 3.14 bits per heavy atom. The Bertz CT molecular complexity index is 780. The molecule has 0 fully saturated rings. The highest BCUT2D eigenvalue weighted by Crippen LogP contribution is 2.20. The van der Waals surface area contributed by atoms with Crippen LogP contribution in [0.5, 0.6) is 0 Å². The third-order valence-corrected chi connectivity index (χ3v) is 3.47. The van der Waals surface area contributed by atoms with E-state index >= 15 is 0 Å². The summed E-state index contributed by atoms with van der Waals surface area (Å²) in [6.07, 6.45) is 4.51. The Hall–Kier alpha value is -2.15. The molecule has 3 rings (SSSR count). The van der Waals surface area contributed by atoms with Crippen molar-refractivity contribution in [2.75, 3.05) is 6.61 Å². The first-order chi connectivity index (χ1) is 10.1. The molecule has 0 aromatic carbocycles. The summed E-state index contributed by atoms with van der Waals surface area (Å²) in [6, 6.07) is 3.54. The lowest BCUT2D eigenvalue weighted by atomic mass is 10.3. The van der Waals surface area contributed by atoms with Gasteiger partial charge in [0.05, 0.1) is 24.1 Å². The van der Waals surface area contributed by atoms with E-state index < -0.39 is 5.97 Å². The third kappa shape index (κ3) is 2.82. The van der Waals surface area contributed by atoms with Crippen LogP contribution >= 0.6 is 15.9 Å². The van der Waals surface area contributed by atoms with Gasteiger partial charge in [0.15, 0.2) is 5.65 Å². The molecule has 3 aromatic heterocycles. The molecule has 0 N–H and O–H groups in total. The first-order valence-corrected chi connectivity index (χ1v) is 7.12. The highest BCUT2D eigenvalue weighted by Gasteiger charge is 2.11. The minimum atomic E-state index is -0.410. The van der Waals surface area contributed by atoms with Crippen LogP contribution in [0, 0.1) is 6.92 Å². The van der Waals surface area contributed by atoms with Gasteiger partial charge in [0.25, 0.3) is 0 Å². The van der Waals surface area contributed by atoms with Crippen molar-refractivity contribution in [1.82, 2.24) is 14.8 Å². The van der Waals surface area contributed by atoms with Gasteiger partial charge in [-0.15, -0.1) is 0 Å². The van der Waals surface area contributed by atoms with Crippen molar-refractivity contribution in [3.05, 3.63) is 46.6 Å². The molecule has 108 valence electrons. The lowest BCUT2D eigenvalue weighted by molar-refractivity contribution is 0.0488. The number of ether oxygens (including phenoxy) is 1. The Labute approximate surface area is 128 Å². The van der Waals surface area contributed by atoms with Crippen molar-refractivity contribution < 1.29 is 13.9 Å². The highest BCUT2D eigenvalue weighted by molar-refractivity contribution is 9.10. The molecule has 3 aromatic rings. The number of carbonyl (C=O) groups is 1. The van der Waals surface area contributed by atoms with E-state index in [1.54, 1.807) is 16.9 Å². The fraction of sp³-hybridized carbons (Fsp3) is 0.214. The van der Waals surface area contributed by atoms with E-state index in [-0.39, 0.29) is 6.61 Å². The summed E-state index contributed by atoms with van der Waals surface area (Å²) in [5.41, 5.74) is 2.06. The summed E-state index contributed by atoms with van der Waals surface area (Å²) in [6.45, 7) is 2.59. The van der Waals surface area contributed by atoms with Crippen LogP contribution in [0.1, 0.15) is 16.1 Å². The molecule has 7 heteroatoms. The maximum atomic E-state index is 11.7. The van der Waals surface area contributed by atoms with Gasteiger partial charge < -0.3 is 9.15 Å². The Balaban J connectivity index is 1.70. The molecule has 0 atom stereocenters. The number of hydrogen-bond acceptors (Lipinski definition) is 5. The monoisotopic (exact) mass is 349 g/mol. The second kappa shape index (κ2) is 5.69. The van der Waals surface area contributed by atoms with E-state index in [4.69, 9.17) is 9.15 Å². The number of aromatic nitrogens is 3. The van der Waals surface area contributed by atoms with Gasteiger partial charge in [0.1, 0.15) is 12.9 Å². The second-order valence-corrected chi connectivity index (χ2v) is 5.40. The van der Waals surface area contributed by atoms with Crippen LogP contribution in [-0.2, 0) is 11.3 Å². The van der Waals surface area contributed by atoms with Crippen molar-refractivity contribution >= 4 is 32.9 Å². The molecule has 0 spiro atoms. The molecule has 0 aliphatic carbocycles. The molecule has 21 heavy (non-hydrogen) atoms. The van der Waals surface area contributed by atoms with Gasteiger partial charge in [-0.05, 0) is 35.0 Å². The molecule has 0 radical (unpaired) electrons. The van der Waals surface area contributed by atoms with Crippen LogP contribution in [0.15, 0.2) is 39.7 Å². The van der Waals surface area contributed by atoms with Crippen LogP contribution in [0.2, 0.25) is 0 Å². The highest BCUT2D eigenvalue weighted by atomic mass is 79.9. The van der Waals surface area contributed by atoms with Crippen LogP contribution in [-0.4, -0.2) is 27.3 Å². The molecule has 6 nitrogen and oxygen atoms in total. The number of rotatable bonds is 4. The first kappa shape index (κ1) is 13.8. The van der Waals surface area contributed by atoms with Gasteiger partial charge in [0.2, 0.25) is 0 Å². The van der Waals surface area contributed by atoms with Gasteiger partial charge in [-0.1, -0.05) is 0 Å². The summed E-state index contributed by atoms with van der Waals surface area (Å²) < 4.78 is 12.7. The molecule has 0 amide bonds. The number of hydrogen-bond donors (Lipinski definition) is 0. The van der Waals surface area contributed by atoms with Crippen LogP contribution in [0.3, 0.4) is 0 Å². The number of esters is 1. The Morgan fingerprint density at radius 2 is 2.38 bits per heavy atom. The van der Waals surface area contributed by atoms with E-state index in [1.165, 1.54) is 12.5 Å². The fourth-order valence-electron chi connectivity index (χ4n) is 2.03. The average molecular weight is 350 g/mol. The Kier molecular flexibility index (Phi) is 3.74. The van der Waals surface area contributed by atoms with Gasteiger partial charge in [-0.25, -0.2) is 14.5 Å². The third-order valence-electron chi connectivity index (χ3n) is 3.03. The SMILES string of the molecule is Cc1nn(CCOC(=O)c2ccoc2)c2ncc(Br)cc12. The molecule has 0 saturated heterocycles. The van der Waals surface area contributed by atoms with Crippen LogP contribution in [0.4, 0.5) is 0 Å². The zero-order valence-electron chi connectivity index (χ0n) is 11.2. The summed E-state index contributed by atoms with van der Waals surface area (Å²) in [5, 5.41) is 5.39. The molecule has 0 aliphatic heterocycles. The number of aryl methyl sites for hydroxylation is 1. The number of furan rings is 1. The van der Waals surface area contributed by atoms with Crippen molar-refractivity contribution in [1.29, 1.82) is 0 Å². The number of halogens is 1. The normalized spacial score (nSPS) is 11.0. The summed E-state index contributed by atoms with van der Waals surface area (Å²) in [7, 11) is 0. The van der Waals surface area contributed by atoms with E-state index in [9.17, 15) is 4.79 Å². The van der Waals surface area contributed by atoms with Crippen molar-refractivity contribution in [2.45, 2.75) is 13.5 Å². The van der Waals surface area contributed by atoms with E-state index in [2.05, 4.69) is 26.0 Å². The zero-order valence-corrected chi connectivity index (χ0v) is 12.8. The second-order valence-electron chi connectivity index (χ2n) is 4.48. The summed E-state index contributed by atoms with van der Waals surface area (Å²) >= 11 is 3.39. The number of nitrogens with zero attached hydrogens (tertiary/aromatic N) is 3. The quantitative estimate of drug-likeness (QED) is 0.677. The summed E-state index contributed by atoms with van der Waals surface area (Å²) in [5.74, 6) is -0.410. The predicted octanol–water partition coefficient (Wildman–Crippen LogP) is 2.95. The standard InChI is InChI=1S/C14H12BrN3O3/c1-9-12-6-11(15)7-16-13(12)18(17-9)3-5-21-14(19)10-2-4-20-8-10/h2,4,6-8H,3,5H2,1H3. The fourth-order valence-corrected chi connectivity index (χ4v) is 2.36. The molecular formula is C14H12BrN3O3. The molecule has 3 heterocycles. The lowest BCUT2D eigenvalue weighted by Gasteiger charge is -2.04. The van der Waals surface area contributed by atoms with Crippen LogP contribution in [0.25, 0.3) is 11.0 Å². The smallest absolute Gasteiger partial charge is 0.341 e. The average Bonchev–Trinajstić information content (AvgIpc) is 3.08. The predicted molar refractivity (Wildman–Crippen MR) is 79.0 cm³/mol. The molecule has 0 saturated carbocycles. The van der Waals surface area contributed by atoms with E-state index in [0.717, 1.165) is 21.2 Å². The maximum Gasteiger partial charge on any atom is 0.341 e. The molecule has 0 aliphatic rings. The van der Waals surface area contributed by atoms with E-state index in [1.807, 2.05) is 13.0 Å². The van der Waals surface area contributed by atoms with E-state index in [0.29, 0.717) is 12.1 Å². The Morgan fingerprint density at radius 1 is 1.52 bits per heavy atom. The molecular weight excluding hydrogens is 338 g/mol. The molecule has 0 bridgehead atoms. The van der Waals surface area contributed by atoms with Gasteiger partial charge in [0, 0.05) is 16.1 Å². The van der Waals surface area contributed by atoms with Crippen molar-refractivity contribution in [3.63, 3.8) is 0 Å². The summed E-state index contributed by atoms with van der Waals surface area (Å²) in [4.78, 5) is 16.0. The van der Waals surface area contributed by atoms with Gasteiger partial charge in [-0.3, -0.25) is 0 Å². The van der Waals surface area contributed by atoms with Gasteiger partial charge in [-0.2, -0.15) is 5.10 Å². The largest absolute Gasteiger partial charge is 0.472 e. The minimum absolute atomic E-state index is 0.220. The maximum absolute atomic E-state index is 11.7. The van der Waals surface area contributed by atoms with Crippen molar-refractivity contribution in [3.8, 4) is 0 Å². The topological polar surface area (TPSA) is 70.2 Å². The van der Waals surface area contributed by atoms with Gasteiger partial charge >= 0.3 is 5.97 Å². The first-order valence-electron chi connectivity index (χ1n) is 6.33. The lowest BCUT2D eigenvalue weighted by Crippen LogP contribution is -2.12.